The van der Waals surface area contributed by atoms with E-state index in [2.05, 4.69) is 75.9 Å². The first kappa shape index (κ1) is 36.2. The number of benzene rings is 8. The SMILES string of the molecule is [B]c1c([B])c(-n2c3ccccc3c3ccc4c(c5ccccc5n4-c4ccccc4)c32)c(C#N)c([B])c1-c1nc(-c2ccccc2)nc(-c2ccc(-c3ccccc3)cc2)n1. The van der Waals surface area contributed by atoms with Crippen molar-refractivity contribution in [3.05, 3.63) is 181 Å². The molecule has 6 nitrogen and oxygen atoms in total. The fraction of sp³-hybridized carbons (Fsp3) is 0. The molecule has 3 heterocycles. The topological polar surface area (TPSA) is 72.3 Å². The van der Waals surface area contributed by atoms with Crippen molar-refractivity contribution < 1.29 is 0 Å². The smallest absolute Gasteiger partial charge is 0.164 e. The normalized spacial score (nSPS) is 11.5. The summed E-state index contributed by atoms with van der Waals surface area (Å²) < 4.78 is 4.33. The van der Waals surface area contributed by atoms with Crippen molar-refractivity contribution in [2.75, 3.05) is 0 Å². The van der Waals surface area contributed by atoms with Crippen LogP contribution in [-0.4, -0.2) is 47.6 Å². The highest BCUT2D eigenvalue weighted by Gasteiger charge is 2.26. The van der Waals surface area contributed by atoms with Crippen molar-refractivity contribution >= 4 is 83.5 Å². The van der Waals surface area contributed by atoms with Gasteiger partial charge < -0.3 is 9.13 Å². The summed E-state index contributed by atoms with van der Waals surface area (Å²) in [6, 6.07) is 61.4. The van der Waals surface area contributed by atoms with Gasteiger partial charge in [0, 0.05) is 43.9 Å². The van der Waals surface area contributed by atoms with Crippen LogP contribution < -0.4 is 16.4 Å². The molecule has 0 fully saturated rings. The average molecular weight is 770 g/mol. The quantitative estimate of drug-likeness (QED) is 0.158. The Morgan fingerprint density at radius 2 is 0.918 bits per heavy atom. The van der Waals surface area contributed by atoms with Crippen LogP contribution in [0.15, 0.2) is 176 Å². The van der Waals surface area contributed by atoms with Gasteiger partial charge in [-0.3, -0.25) is 0 Å². The van der Waals surface area contributed by atoms with E-state index in [4.69, 9.17) is 38.5 Å². The van der Waals surface area contributed by atoms with Crippen LogP contribution in [0.4, 0.5) is 0 Å². The van der Waals surface area contributed by atoms with Gasteiger partial charge in [-0.25, -0.2) is 15.0 Å². The molecule has 9 heteroatoms. The lowest BCUT2D eigenvalue weighted by Crippen LogP contribution is -2.39. The second kappa shape index (κ2) is 14.4. The minimum Gasteiger partial charge on any atom is -0.309 e. The summed E-state index contributed by atoms with van der Waals surface area (Å²) in [5, 5.41) is 15.2. The Hall–Kier alpha value is -7.95. The van der Waals surface area contributed by atoms with E-state index in [-0.39, 0.29) is 33.3 Å². The van der Waals surface area contributed by atoms with Crippen LogP contribution in [0.1, 0.15) is 5.56 Å². The Kier molecular flexibility index (Phi) is 8.54. The van der Waals surface area contributed by atoms with Gasteiger partial charge in [-0.15, -0.1) is 0 Å². The highest BCUT2D eigenvalue weighted by atomic mass is 15.0. The second-order valence-corrected chi connectivity index (χ2v) is 15.0. The fourth-order valence-electron chi connectivity index (χ4n) is 8.75. The lowest BCUT2D eigenvalue weighted by Gasteiger charge is -2.22. The van der Waals surface area contributed by atoms with E-state index < -0.39 is 0 Å². The maximum Gasteiger partial charge on any atom is 0.164 e. The fourth-order valence-corrected chi connectivity index (χ4v) is 8.75. The second-order valence-electron chi connectivity index (χ2n) is 15.0. The summed E-state index contributed by atoms with van der Waals surface area (Å²) in [7, 11) is 21.5. The van der Waals surface area contributed by atoms with Gasteiger partial charge in [-0.05, 0) is 41.5 Å². The summed E-state index contributed by atoms with van der Waals surface area (Å²) in [6.45, 7) is 0. The molecule has 0 saturated heterocycles. The van der Waals surface area contributed by atoms with Crippen molar-refractivity contribution in [1.82, 2.24) is 24.1 Å². The van der Waals surface area contributed by atoms with Crippen LogP contribution in [0.3, 0.4) is 0 Å². The molecule has 11 aromatic rings. The largest absolute Gasteiger partial charge is 0.309 e. The number of nitrogens with zero attached hydrogens (tertiary/aromatic N) is 6. The van der Waals surface area contributed by atoms with Crippen molar-refractivity contribution in [2.24, 2.45) is 0 Å². The third-order valence-electron chi connectivity index (χ3n) is 11.6. The number of aromatic nitrogens is 5. The first-order chi connectivity index (χ1) is 30.0. The van der Waals surface area contributed by atoms with Crippen molar-refractivity contribution in [1.29, 1.82) is 5.26 Å². The van der Waals surface area contributed by atoms with E-state index in [1.165, 1.54) is 0 Å². The van der Waals surface area contributed by atoms with Gasteiger partial charge in [0.05, 0.1) is 33.3 Å². The zero-order valence-electron chi connectivity index (χ0n) is 32.7. The lowest BCUT2D eigenvalue weighted by atomic mass is 9.69. The number of hydrogen-bond acceptors (Lipinski definition) is 4. The maximum absolute atomic E-state index is 11.2. The highest BCUT2D eigenvalue weighted by molar-refractivity contribution is 6.56. The van der Waals surface area contributed by atoms with E-state index in [9.17, 15) is 5.26 Å². The standard InChI is InChI=1S/C52H29B3N6/c53-45-39(30-56)49(61-40-22-12-10-20-36(40)37-28-29-42-43(48(37)61)38-21-11-13-23-41(38)60(42)35-18-8-3-9-19-35)47(55)46(54)44(45)52-58-50(33-16-6-2-7-17-33)57-51(59-52)34-26-24-32(25-27-34)31-14-4-1-5-15-31/h1-29H. The maximum atomic E-state index is 11.2. The minimum atomic E-state index is 0.115. The van der Waals surface area contributed by atoms with Crippen LogP contribution in [0, 0.1) is 11.3 Å². The Balaban J connectivity index is 1.18. The first-order valence-corrected chi connectivity index (χ1v) is 19.9. The third-order valence-corrected chi connectivity index (χ3v) is 11.6. The first-order valence-electron chi connectivity index (χ1n) is 19.9. The van der Waals surface area contributed by atoms with E-state index in [1.54, 1.807) is 0 Å². The monoisotopic (exact) mass is 770 g/mol. The molecule has 0 amide bonds. The summed E-state index contributed by atoms with van der Waals surface area (Å²) >= 11 is 0. The zero-order chi connectivity index (χ0) is 41.2. The molecular weight excluding hydrogens is 741 g/mol. The van der Waals surface area contributed by atoms with Gasteiger partial charge in [-0.1, -0.05) is 162 Å². The zero-order valence-corrected chi connectivity index (χ0v) is 32.7. The molecule has 276 valence electrons. The molecule has 61 heavy (non-hydrogen) atoms. The number of nitriles is 1. The number of rotatable bonds is 6. The molecule has 0 atom stereocenters. The van der Waals surface area contributed by atoms with Gasteiger partial charge in [0.1, 0.15) is 29.6 Å². The Bertz CT molecular complexity index is 3560. The Morgan fingerprint density at radius 1 is 0.410 bits per heavy atom. The predicted molar refractivity (Wildman–Crippen MR) is 251 cm³/mol. The van der Waals surface area contributed by atoms with Crippen molar-refractivity contribution in [3.8, 4) is 62.7 Å². The number of hydrogen-bond donors (Lipinski definition) is 0. The van der Waals surface area contributed by atoms with Gasteiger partial charge >= 0.3 is 0 Å². The number of para-hydroxylation sites is 3. The Labute approximate surface area is 355 Å². The molecule has 0 aliphatic rings. The van der Waals surface area contributed by atoms with Crippen molar-refractivity contribution in [2.45, 2.75) is 0 Å². The summed E-state index contributed by atoms with van der Waals surface area (Å²) in [5.74, 6) is 1.05. The molecule has 6 radical (unpaired) electrons. The summed E-state index contributed by atoms with van der Waals surface area (Å²) in [5.41, 5.74) is 9.80. The lowest BCUT2D eigenvalue weighted by molar-refractivity contribution is 1.08. The Morgan fingerprint density at radius 3 is 1.57 bits per heavy atom. The van der Waals surface area contributed by atoms with Crippen molar-refractivity contribution in [3.63, 3.8) is 0 Å². The number of fused-ring (bicyclic) bond motifs is 7. The molecule has 0 N–H and O–H groups in total. The van der Waals surface area contributed by atoms with E-state index >= 15 is 0 Å². The van der Waals surface area contributed by atoms with Gasteiger partial charge in [0.2, 0.25) is 0 Å². The predicted octanol–water partition coefficient (Wildman–Crippen LogP) is 8.99. The summed E-state index contributed by atoms with van der Waals surface area (Å²) in [4.78, 5) is 14.9. The van der Waals surface area contributed by atoms with E-state index in [0.717, 1.165) is 71.6 Å². The van der Waals surface area contributed by atoms with Crippen LogP contribution in [0.2, 0.25) is 0 Å². The third kappa shape index (κ3) is 5.72. The molecule has 11 rings (SSSR count). The molecule has 8 aromatic carbocycles. The van der Waals surface area contributed by atoms with E-state index in [1.807, 2.05) is 115 Å². The van der Waals surface area contributed by atoms with Gasteiger partial charge in [0.15, 0.2) is 17.5 Å². The van der Waals surface area contributed by atoms with E-state index in [0.29, 0.717) is 17.3 Å². The molecule has 0 bridgehead atoms. The molecule has 0 aliphatic heterocycles. The van der Waals surface area contributed by atoms with Crippen LogP contribution in [0.5, 0.6) is 0 Å². The molecule has 0 aliphatic carbocycles. The molecule has 0 saturated carbocycles. The molecule has 3 aromatic heterocycles. The molecule has 0 unspecified atom stereocenters. The van der Waals surface area contributed by atoms with Crippen LogP contribution >= 0.6 is 0 Å². The highest BCUT2D eigenvalue weighted by Crippen LogP contribution is 2.42. The molecular formula is C52H29B3N6. The van der Waals surface area contributed by atoms with Crippen LogP contribution in [0.25, 0.3) is 100 Å². The average Bonchev–Trinajstić information content (AvgIpc) is 3.84. The summed E-state index contributed by atoms with van der Waals surface area (Å²) in [6.07, 6.45) is 0. The van der Waals surface area contributed by atoms with Crippen LogP contribution in [-0.2, 0) is 0 Å². The van der Waals surface area contributed by atoms with Gasteiger partial charge in [-0.2, -0.15) is 5.26 Å². The molecule has 0 spiro atoms. The van der Waals surface area contributed by atoms with Gasteiger partial charge in [0.25, 0.3) is 0 Å². The minimum absolute atomic E-state index is 0.115.